The predicted octanol–water partition coefficient (Wildman–Crippen LogP) is 0.892. The van der Waals surface area contributed by atoms with Crippen LogP contribution in [0.5, 0.6) is 0 Å². The minimum atomic E-state index is 0.566. The van der Waals surface area contributed by atoms with Crippen molar-refractivity contribution in [3.05, 3.63) is 18.0 Å². The second-order valence-corrected chi connectivity index (χ2v) is 3.90. The summed E-state index contributed by atoms with van der Waals surface area (Å²) in [5, 5.41) is 7.34. The third-order valence-corrected chi connectivity index (χ3v) is 3.00. The van der Waals surface area contributed by atoms with Gasteiger partial charge in [-0.15, -0.1) is 0 Å². The molecule has 1 aromatic heterocycles. The molecule has 1 saturated carbocycles. The molecule has 4 nitrogen and oxygen atoms in total. The van der Waals surface area contributed by atoms with Crippen LogP contribution in [-0.2, 0) is 6.54 Å². The smallest absolute Gasteiger partial charge is 0.124 e. The first kappa shape index (κ1) is 9.68. The molecular weight excluding hydrogens is 178 g/mol. The lowest BCUT2D eigenvalue weighted by Gasteiger charge is -2.18. The van der Waals surface area contributed by atoms with Gasteiger partial charge in [-0.3, -0.25) is 0 Å². The topological polar surface area (TPSA) is 64.1 Å². The maximum Gasteiger partial charge on any atom is 0.124 e. The number of rotatable bonds is 4. The van der Waals surface area contributed by atoms with Crippen LogP contribution in [0.2, 0.25) is 0 Å². The molecule has 0 spiro atoms. The van der Waals surface area contributed by atoms with Crippen molar-refractivity contribution in [2.24, 2.45) is 11.7 Å². The summed E-state index contributed by atoms with van der Waals surface area (Å²) in [4.78, 5) is 0. The SMILES string of the molecule is NCC1CCCC1NCc1ccon1. The van der Waals surface area contributed by atoms with Gasteiger partial charge in [-0.05, 0) is 25.3 Å². The van der Waals surface area contributed by atoms with Crippen molar-refractivity contribution in [3.8, 4) is 0 Å². The van der Waals surface area contributed by atoms with Crippen LogP contribution in [0, 0.1) is 5.92 Å². The lowest BCUT2D eigenvalue weighted by molar-refractivity contribution is 0.383. The van der Waals surface area contributed by atoms with E-state index in [2.05, 4.69) is 10.5 Å². The van der Waals surface area contributed by atoms with Crippen molar-refractivity contribution < 1.29 is 4.52 Å². The maximum absolute atomic E-state index is 5.70. The van der Waals surface area contributed by atoms with Crippen molar-refractivity contribution in [1.82, 2.24) is 10.5 Å². The Kier molecular flexibility index (Phi) is 3.16. The molecule has 0 aliphatic heterocycles. The van der Waals surface area contributed by atoms with E-state index in [9.17, 15) is 0 Å². The van der Waals surface area contributed by atoms with Crippen LogP contribution < -0.4 is 11.1 Å². The Hall–Kier alpha value is -0.870. The molecular formula is C10H17N3O. The summed E-state index contributed by atoms with van der Waals surface area (Å²) in [6.07, 6.45) is 5.39. The summed E-state index contributed by atoms with van der Waals surface area (Å²) in [6.45, 7) is 1.58. The summed E-state index contributed by atoms with van der Waals surface area (Å²) in [7, 11) is 0. The van der Waals surface area contributed by atoms with Gasteiger partial charge in [0.05, 0.1) is 5.69 Å². The Morgan fingerprint density at radius 1 is 1.57 bits per heavy atom. The molecule has 0 aromatic carbocycles. The fourth-order valence-electron chi connectivity index (χ4n) is 2.15. The van der Waals surface area contributed by atoms with Crippen LogP contribution in [-0.4, -0.2) is 17.7 Å². The van der Waals surface area contributed by atoms with E-state index in [1.807, 2.05) is 6.07 Å². The third kappa shape index (κ3) is 2.13. The van der Waals surface area contributed by atoms with Gasteiger partial charge < -0.3 is 15.6 Å². The van der Waals surface area contributed by atoms with Crippen LogP contribution in [0.25, 0.3) is 0 Å². The largest absolute Gasteiger partial charge is 0.364 e. The molecule has 0 amide bonds. The molecule has 0 bridgehead atoms. The number of hydrogen-bond acceptors (Lipinski definition) is 4. The second-order valence-electron chi connectivity index (χ2n) is 3.90. The lowest BCUT2D eigenvalue weighted by Crippen LogP contribution is -2.35. The van der Waals surface area contributed by atoms with Gasteiger partial charge in [0.15, 0.2) is 0 Å². The number of nitrogens with one attached hydrogen (secondary N) is 1. The third-order valence-electron chi connectivity index (χ3n) is 3.00. The van der Waals surface area contributed by atoms with Crippen molar-refractivity contribution in [2.45, 2.75) is 31.8 Å². The van der Waals surface area contributed by atoms with Gasteiger partial charge in [0, 0.05) is 18.7 Å². The van der Waals surface area contributed by atoms with Gasteiger partial charge in [0.1, 0.15) is 6.26 Å². The summed E-state index contributed by atoms with van der Waals surface area (Å²) in [6, 6.07) is 2.45. The Balaban J connectivity index is 1.80. The summed E-state index contributed by atoms with van der Waals surface area (Å²) < 4.78 is 4.77. The maximum atomic E-state index is 5.70. The number of aromatic nitrogens is 1. The average Bonchev–Trinajstić information content (AvgIpc) is 2.85. The molecule has 78 valence electrons. The monoisotopic (exact) mass is 195 g/mol. The second kappa shape index (κ2) is 4.57. The standard InChI is InChI=1S/C10H17N3O/c11-6-8-2-1-3-10(8)12-7-9-4-5-14-13-9/h4-5,8,10,12H,1-3,6-7,11H2. The van der Waals surface area contributed by atoms with E-state index >= 15 is 0 Å². The zero-order valence-electron chi connectivity index (χ0n) is 8.28. The van der Waals surface area contributed by atoms with Crippen molar-refractivity contribution in [3.63, 3.8) is 0 Å². The molecule has 1 fully saturated rings. The Morgan fingerprint density at radius 3 is 3.21 bits per heavy atom. The fourth-order valence-corrected chi connectivity index (χ4v) is 2.15. The highest BCUT2D eigenvalue weighted by molar-refractivity contribution is 4.96. The lowest BCUT2D eigenvalue weighted by atomic mass is 10.0. The molecule has 0 radical (unpaired) electrons. The van der Waals surface area contributed by atoms with Gasteiger partial charge >= 0.3 is 0 Å². The molecule has 2 atom stereocenters. The van der Waals surface area contributed by atoms with E-state index in [-0.39, 0.29) is 0 Å². The highest BCUT2D eigenvalue weighted by atomic mass is 16.5. The zero-order valence-corrected chi connectivity index (χ0v) is 8.28. The molecule has 2 rings (SSSR count). The normalized spacial score (nSPS) is 26.9. The summed E-state index contributed by atoms with van der Waals surface area (Å²) in [5.74, 6) is 0.641. The van der Waals surface area contributed by atoms with Crippen LogP contribution in [0.3, 0.4) is 0 Å². The molecule has 14 heavy (non-hydrogen) atoms. The highest BCUT2D eigenvalue weighted by Gasteiger charge is 2.25. The Labute approximate surface area is 83.8 Å². The quantitative estimate of drug-likeness (QED) is 0.749. The van der Waals surface area contributed by atoms with Gasteiger partial charge in [0.2, 0.25) is 0 Å². The van der Waals surface area contributed by atoms with Gasteiger partial charge in [-0.25, -0.2) is 0 Å². The number of hydrogen-bond donors (Lipinski definition) is 2. The van der Waals surface area contributed by atoms with E-state index in [1.54, 1.807) is 6.26 Å². The first-order valence-corrected chi connectivity index (χ1v) is 5.23. The van der Waals surface area contributed by atoms with E-state index < -0.39 is 0 Å². The first-order valence-electron chi connectivity index (χ1n) is 5.23. The van der Waals surface area contributed by atoms with Crippen molar-refractivity contribution in [2.75, 3.05) is 6.54 Å². The molecule has 4 heteroatoms. The van der Waals surface area contributed by atoms with Crippen LogP contribution in [0.4, 0.5) is 0 Å². The van der Waals surface area contributed by atoms with Gasteiger partial charge in [-0.1, -0.05) is 11.6 Å². The first-order chi connectivity index (χ1) is 6.90. The minimum absolute atomic E-state index is 0.566. The average molecular weight is 195 g/mol. The molecule has 0 saturated heterocycles. The molecule has 1 aromatic rings. The van der Waals surface area contributed by atoms with Gasteiger partial charge in [-0.2, -0.15) is 0 Å². The molecule has 1 aliphatic rings. The minimum Gasteiger partial charge on any atom is -0.364 e. The summed E-state index contributed by atoms with van der Waals surface area (Å²) in [5.41, 5.74) is 6.66. The van der Waals surface area contributed by atoms with Crippen LogP contribution in [0.1, 0.15) is 25.0 Å². The predicted molar refractivity (Wildman–Crippen MR) is 53.5 cm³/mol. The Morgan fingerprint density at radius 2 is 2.50 bits per heavy atom. The van der Waals surface area contributed by atoms with Crippen LogP contribution in [0.15, 0.2) is 16.9 Å². The molecule has 2 unspecified atom stereocenters. The Bertz CT molecular complexity index is 260. The van der Waals surface area contributed by atoms with E-state index in [0.717, 1.165) is 18.8 Å². The molecule has 3 N–H and O–H groups in total. The van der Waals surface area contributed by atoms with Crippen molar-refractivity contribution in [1.29, 1.82) is 0 Å². The molecule has 1 heterocycles. The van der Waals surface area contributed by atoms with E-state index in [1.165, 1.54) is 19.3 Å². The summed E-state index contributed by atoms with van der Waals surface area (Å²) >= 11 is 0. The molecule has 1 aliphatic carbocycles. The fraction of sp³-hybridized carbons (Fsp3) is 0.700. The van der Waals surface area contributed by atoms with Gasteiger partial charge in [0.25, 0.3) is 0 Å². The zero-order chi connectivity index (χ0) is 9.80. The van der Waals surface area contributed by atoms with Crippen molar-refractivity contribution >= 4 is 0 Å². The van der Waals surface area contributed by atoms with Crippen LogP contribution >= 0.6 is 0 Å². The van der Waals surface area contributed by atoms with E-state index in [4.69, 9.17) is 10.3 Å². The van der Waals surface area contributed by atoms with E-state index in [0.29, 0.717) is 12.0 Å². The number of nitrogens with two attached hydrogens (primary N) is 1. The number of nitrogens with zero attached hydrogens (tertiary/aromatic N) is 1. The highest BCUT2D eigenvalue weighted by Crippen LogP contribution is 2.24.